The summed E-state index contributed by atoms with van der Waals surface area (Å²) in [5.74, 6) is 0.171. The average molecular weight is 578 g/mol. The molecule has 2 fully saturated rings. The third-order valence-electron chi connectivity index (χ3n) is 7.84. The average Bonchev–Trinajstić information content (AvgIpc) is 3.17. The van der Waals surface area contributed by atoms with Crippen LogP contribution in [0.15, 0.2) is 58.2 Å². The molecule has 3 aromatic rings. The van der Waals surface area contributed by atoms with Gasteiger partial charge in [-0.3, -0.25) is 9.59 Å². The molecule has 1 spiro atoms. The molecular formula is C29H27N3O8S. The summed E-state index contributed by atoms with van der Waals surface area (Å²) in [5.41, 5.74) is 7.17. The van der Waals surface area contributed by atoms with Gasteiger partial charge in [-0.2, -0.15) is 0 Å². The fraction of sp³-hybridized carbons (Fsp3) is 0.345. The van der Waals surface area contributed by atoms with Crippen molar-refractivity contribution in [3.05, 3.63) is 81.1 Å². The lowest BCUT2D eigenvalue weighted by Gasteiger charge is -2.52. The maximum absolute atomic E-state index is 14.1. The highest BCUT2D eigenvalue weighted by molar-refractivity contribution is 7.98. The quantitative estimate of drug-likeness (QED) is 0.366. The van der Waals surface area contributed by atoms with Gasteiger partial charge < -0.3 is 34.0 Å². The van der Waals surface area contributed by atoms with Gasteiger partial charge in [0.05, 0.1) is 39.2 Å². The number of methoxy groups -OCH3 is 1. The lowest BCUT2D eigenvalue weighted by molar-refractivity contribution is -0.241. The first kappa shape index (κ1) is 25.9. The van der Waals surface area contributed by atoms with Crippen LogP contribution in [-0.2, 0) is 31.1 Å². The maximum Gasteiger partial charge on any atom is 0.510 e. The van der Waals surface area contributed by atoms with Crippen LogP contribution in [0.4, 0.5) is 4.79 Å². The molecule has 0 aliphatic carbocycles. The van der Waals surface area contributed by atoms with E-state index in [-0.39, 0.29) is 18.1 Å². The Morgan fingerprint density at radius 3 is 2.78 bits per heavy atom. The van der Waals surface area contributed by atoms with E-state index in [1.54, 1.807) is 21.3 Å². The molecule has 7 rings (SSSR count). The Balaban J connectivity index is 1.35. The van der Waals surface area contributed by atoms with Crippen molar-refractivity contribution < 1.29 is 33.3 Å². The van der Waals surface area contributed by atoms with Gasteiger partial charge in [0.25, 0.3) is 5.91 Å². The van der Waals surface area contributed by atoms with Gasteiger partial charge in [0, 0.05) is 22.3 Å². The van der Waals surface area contributed by atoms with Gasteiger partial charge in [-0.15, -0.1) is 11.8 Å². The molecule has 1 N–H and O–H groups in total. The van der Waals surface area contributed by atoms with Crippen molar-refractivity contribution in [2.24, 2.45) is 0 Å². The lowest BCUT2D eigenvalue weighted by Crippen LogP contribution is -2.70. The number of ether oxygens (including phenoxy) is 5. The fourth-order valence-corrected chi connectivity index (χ4v) is 6.81. The Hall–Kier alpha value is -4.00. The summed E-state index contributed by atoms with van der Waals surface area (Å²) in [6, 6.07) is 15.8. The predicted molar refractivity (Wildman–Crippen MR) is 148 cm³/mol. The zero-order valence-electron chi connectivity index (χ0n) is 22.2. The smallest absolute Gasteiger partial charge is 0.451 e. The van der Waals surface area contributed by atoms with Crippen molar-refractivity contribution in [2.45, 2.75) is 28.8 Å². The molecule has 1 aromatic heterocycles. The zero-order valence-corrected chi connectivity index (χ0v) is 23.0. The minimum absolute atomic E-state index is 0.0236. The number of nitrogens with zero attached hydrogens (tertiary/aromatic N) is 2. The number of amides is 1. The van der Waals surface area contributed by atoms with Gasteiger partial charge in [0.1, 0.15) is 11.8 Å². The van der Waals surface area contributed by atoms with Gasteiger partial charge in [-0.05, 0) is 29.2 Å². The Morgan fingerprint density at radius 2 is 1.98 bits per heavy atom. The van der Waals surface area contributed by atoms with E-state index < -0.39 is 36.1 Å². The van der Waals surface area contributed by atoms with Crippen molar-refractivity contribution in [3.8, 4) is 17.0 Å². The van der Waals surface area contributed by atoms with E-state index in [1.807, 2.05) is 24.3 Å². The summed E-state index contributed by atoms with van der Waals surface area (Å²) in [6.45, 7) is 0.735. The van der Waals surface area contributed by atoms with Crippen molar-refractivity contribution in [3.63, 3.8) is 0 Å². The number of carbonyl (C=O) groups excluding carboxylic acids is 2. The number of pyridine rings is 1. The molecule has 1 amide bonds. The molecule has 5 heterocycles. The number of benzene rings is 2. The van der Waals surface area contributed by atoms with Gasteiger partial charge in [-0.25, -0.2) is 9.47 Å². The second-order valence-electron chi connectivity index (χ2n) is 10.3. The second-order valence-corrected chi connectivity index (χ2v) is 11.4. The molecule has 2 saturated heterocycles. The summed E-state index contributed by atoms with van der Waals surface area (Å²) >= 11 is 1.78. The van der Waals surface area contributed by atoms with Crippen LogP contribution < -0.4 is 15.6 Å². The largest absolute Gasteiger partial charge is 0.510 e. The van der Waals surface area contributed by atoms with E-state index in [4.69, 9.17) is 18.9 Å². The number of morpholine rings is 1. The predicted octanol–water partition coefficient (Wildman–Crippen LogP) is 2.96. The lowest BCUT2D eigenvalue weighted by atomic mass is 9.93. The molecular weight excluding hydrogens is 550 g/mol. The molecule has 11 nitrogen and oxygen atoms in total. The van der Waals surface area contributed by atoms with Crippen LogP contribution in [0.3, 0.4) is 0 Å². The molecule has 0 bridgehead atoms. The molecule has 212 valence electrons. The van der Waals surface area contributed by atoms with Crippen LogP contribution in [0.5, 0.6) is 5.75 Å². The first-order chi connectivity index (χ1) is 20.0. The first-order valence-electron chi connectivity index (χ1n) is 13.2. The highest BCUT2D eigenvalue weighted by Crippen LogP contribution is 2.39. The van der Waals surface area contributed by atoms with Crippen molar-refractivity contribution in [1.82, 2.24) is 9.58 Å². The van der Waals surface area contributed by atoms with Gasteiger partial charge in [0.15, 0.2) is 5.69 Å². The SMILES string of the molecule is COC(=O)OCOc1c2n(c(-c3cccc4c3Cc3ccccc3SC4)cc1=O)N[C@@H]1COC3(COC3)CN1C2=O. The molecule has 4 aliphatic heterocycles. The molecule has 2 aromatic carbocycles. The minimum Gasteiger partial charge on any atom is -0.451 e. The number of nitrogens with one attached hydrogen (secondary N) is 1. The van der Waals surface area contributed by atoms with Crippen molar-refractivity contribution in [2.75, 3.05) is 45.7 Å². The van der Waals surface area contributed by atoms with Gasteiger partial charge in [0.2, 0.25) is 18.0 Å². The van der Waals surface area contributed by atoms with Crippen LogP contribution >= 0.6 is 11.8 Å². The van der Waals surface area contributed by atoms with E-state index in [9.17, 15) is 14.4 Å². The number of thioether (sulfide) groups is 1. The maximum atomic E-state index is 14.1. The topological polar surface area (TPSA) is 118 Å². The van der Waals surface area contributed by atoms with Crippen LogP contribution in [0.25, 0.3) is 11.3 Å². The highest BCUT2D eigenvalue weighted by Gasteiger charge is 2.50. The number of rotatable bonds is 4. The summed E-state index contributed by atoms with van der Waals surface area (Å²) < 4.78 is 28.1. The highest BCUT2D eigenvalue weighted by atomic mass is 32.2. The number of aromatic nitrogens is 1. The normalized spacial score (nSPS) is 19.9. The molecule has 41 heavy (non-hydrogen) atoms. The summed E-state index contributed by atoms with van der Waals surface area (Å²) in [7, 11) is 1.17. The molecule has 12 heteroatoms. The first-order valence-corrected chi connectivity index (χ1v) is 14.2. The molecule has 0 saturated carbocycles. The van der Waals surface area contributed by atoms with Crippen LogP contribution in [0.2, 0.25) is 0 Å². The Kier molecular flexibility index (Phi) is 6.40. The van der Waals surface area contributed by atoms with E-state index >= 15 is 0 Å². The van der Waals surface area contributed by atoms with E-state index in [2.05, 4.69) is 28.4 Å². The Morgan fingerprint density at radius 1 is 1.15 bits per heavy atom. The van der Waals surface area contributed by atoms with Crippen LogP contribution in [0.1, 0.15) is 27.2 Å². The van der Waals surface area contributed by atoms with Crippen molar-refractivity contribution in [1.29, 1.82) is 0 Å². The van der Waals surface area contributed by atoms with Crippen LogP contribution in [0, 0.1) is 0 Å². The van der Waals surface area contributed by atoms with E-state index in [0.717, 1.165) is 22.4 Å². The summed E-state index contributed by atoms with van der Waals surface area (Å²) in [5, 5.41) is 0. The van der Waals surface area contributed by atoms with Gasteiger partial charge in [-0.1, -0.05) is 36.4 Å². The number of hydrogen-bond donors (Lipinski definition) is 1. The van der Waals surface area contributed by atoms with E-state index in [1.165, 1.54) is 23.6 Å². The molecule has 0 unspecified atom stereocenters. The Bertz CT molecular complexity index is 1620. The van der Waals surface area contributed by atoms with Crippen molar-refractivity contribution >= 4 is 23.8 Å². The minimum atomic E-state index is -0.967. The van der Waals surface area contributed by atoms with Gasteiger partial charge >= 0.3 is 6.16 Å². The number of hydrogen-bond acceptors (Lipinski definition) is 10. The molecule has 1 atom stereocenters. The molecule has 4 aliphatic rings. The summed E-state index contributed by atoms with van der Waals surface area (Å²) in [4.78, 5) is 42.1. The van der Waals surface area contributed by atoms with E-state index in [0.29, 0.717) is 31.9 Å². The second kappa shape index (κ2) is 10.1. The Labute approximate surface area is 239 Å². The standard InChI is InChI=1S/C29H27N3O8S/c1-36-28(35)39-16-38-26-22(33)10-21(19-7-4-6-18-12-41-23-8-3-2-5-17(23)9-20(18)19)32-25(26)27(34)31-13-29(14-37-15-29)40-11-24(31)30-32/h2-8,10,24,30H,9,11-16H2,1H3/t24-/m0/s1. The van der Waals surface area contributed by atoms with Crippen LogP contribution in [-0.4, -0.2) is 73.7 Å². The third kappa shape index (κ3) is 4.42. The number of fused-ring (bicyclic) bond motifs is 4. The zero-order chi connectivity index (χ0) is 28.1. The fourth-order valence-electron chi connectivity index (χ4n) is 5.73. The molecule has 0 radical (unpaired) electrons. The summed E-state index contributed by atoms with van der Waals surface area (Å²) in [6.07, 6.45) is -0.760. The monoisotopic (exact) mass is 577 g/mol. The third-order valence-corrected chi connectivity index (χ3v) is 9.01. The number of carbonyl (C=O) groups is 2.